The first-order valence-electron chi connectivity index (χ1n) is 7.20. The molecule has 0 spiro atoms. The maximum atomic E-state index is 12.2. The van der Waals surface area contributed by atoms with E-state index in [0.29, 0.717) is 10.7 Å². The molecule has 2 aromatic carbocycles. The fraction of sp³-hybridized carbons (Fsp3) is 0.125. The Morgan fingerprint density at radius 3 is 2.54 bits per heavy atom. The summed E-state index contributed by atoms with van der Waals surface area (Å²) >= 11 is 11.8. The standard InChI is InChI=1S/C16H13Cl2N3O5/c1-19-13-5-3-10(21(24)25)7-11(13)16(23)26-8-15(22)20-14-6-9(17)2-4-12(14)18/h2-7,19H,8H2,1H3,(H,20,22). The highest BCUT2D eigenvalue weighted by atomic mass is 35.5. The van der Waals surface area contributed by atoms with Crippen LogP contribution >= 0.6 is 23.2 Å². The van der Waals surface area contributed by atoms with Crippen molar-refractivity contribution in [1.29, 1.82) is 0 Å². The summed E-state index contributed by atoms with van der Waals surface area (Å²) in [6.45, 7) is -0.604. The molecule has 0 aromatic heterocycles. The molecule has 2 N–H and O–H groups in total. The maximum absolute atomic E-state index is 12.2. The average molecular weight is 398 g/mol. The molecule has 26 heavy (non-hydrogen) atoms. The number of carbonyl (C=O) groups is 2. The van der Waals surface area contributed by atoms with Gasteiger partial charge >= 0.3 is 5.97 Å². The number of anilines is 2. The van der Waals surface area contributed by atoms with Gasteiger partial charge in [-0.1, -0.05) is 23.2 Å². The predicted octanol–water partition coefficient (Wildman–Crippen LogP) is 3.74. The quantitative estimate of drug-likeness (QED) is 0.436. The van der Waals surface area contributed by atoms with Crippen molar-refractivity contribution in [2.75, 3.05) is 24.3 Å². The van der Waals surface area contributed by atoms with E-state index in [1.54, 1.807) is 13.1 Å². The van der Waals surface area contributed by atoms with Gasteiger partial charge in [0.05, 0.1) is 21.2 Å². The number of non-ortho nitro benzene ring substituents is 1. The normalized spacial score (nSPS) is 10.1. The lowest BCUT2D eigenvalue weighted by atomic mass is 10.1. The number of rotatable bonds is 6. The van der Waals surface area contributed by atoms with E-state index in [1.165, 1.54) is 24.3 Å². The van der Waals surface area contributed by atoms with Crippen molar-refractivity contribution in [2.45, 2.75) is 0 Å². The van der Waals surface area contributed by atoms with E-state index < -0.39 is 23.4 Å². The van der Waals surface area contributed by atoms with Crippen LogP contribution in [0.2, 0.25) is 10.0 Å². The number of esters is 1. The summed E-state index contributed by atoms with van der Waals surface area (Å²) < 4.78 is 4.92. The Kier molecular flexibility index (Phi) is 6.37. The topological polar surface area (TPSA) is 111 Å². The van der Waals surface area contributed by atoms with Gasteiger partial charge in [-0.15, -0.1) is 0 Å². The summed E-state index contributed by atoms with van der Waals surface area (Å²) in [6, 6.07) is 8.20. The van der Waals surface area contributed by atoms with E-state index in [-0.39, 0.29) is 22.0 Å². The molecule has 8 nitrogen and oxygen atoms in total. The van der Waals surface area contributed by atoms with Crippen molar-refractivity contribution in [3.05, 3.63) is 62.1 Å². The van der Waals surface area contributed by atoms with Crippen LogP contribution in [0, 0.1) is 10.1 Å². The van der Waals surface area contributed by atoms with Gasteiger partial charge in [0, 0.05) is 29.9 Å². The fourth-order valence-corrected chi connectivity index (χ4v) is 2.36. The summed E-state index contributed by atoms with van der Waals surface area (Å²) in [5.74, 6) is -1.52. The van der Waals surface area contributed by atoms with E-state index in [9.17, 15) is 19.7 Å². The van der Waals surface area contributed by atoms with Gasteiger partial charge < -0.3 is 15.4 Å². The minimum Gasteiger partial charge on any atom is -0.452 e. The van der Waals surface area contributed by atoms with Gasteiger partial charge in [-0.2, -0.15) is 0 Å². The van der Waals surface area contributed by atoms with Crippen molar-refractivity contribution in [1.82, 2.24) is 0 Å². The van der Waals surface area contributed by atoms with Crippen LogP contribution in [-0.4, -0.2) is 30.5 Å². The van der Waals surface area contributed by atoms with Gasteiger partial charge in [-0.25, -0.2) is 4.79 Å². The van der Waals surface area contributed by atoms with Crippen LogP contribution in [0.25, 0.3) is 0 Å². The Bertz CT molecular complexity index is 873. The van der Waals surface area contributed by atoms with E-state index in [2.05, 4.69) is 10.6 Å². The Labute approximate surface area is 158 Å². The van der Waals surface area contributed by atoms with Crippen molar-refractivity contribution >= 4 is 52.1 Å². The average Bonchev–Trinajstić information content (AvgIpc) is 2.62. The molecule has 0 fully saturated rings. The molecule has 1 amide bonds. The van der Waals surface area contributed by atoms with Gasteiger partial charge in [-0.3, -0.25) is 14.9 Å². The predicted molar refractivity (Wildman–Crippen MR) is 98.0 cm³/mol. The smallest absolute Gasteiger partial charge is 0.341 e. The Morgan fingerprint density at radius 1 is 1.15 bits per heavy atom. The molecule has 0 saturated heterocycles. The number of carbonyl (C=O) groups excluding carboxylic acids is 2. The highest BCUT2D eigenvalue weighted by Crippen LogP contribution is 2.25. The summed E-state index contributed by atoms with van der Waals surface area (Å²) in [5.41, 5.74) is 0.270. The number of nitrogens with zero attached hydrogens (tertiary/aromatic N) is 1. The number of amides is 1. The molecule has 0 radical (unpaired) electrons. The summed E-state index contributed by atoms with van der Waals surface area (Å²) in [6.07, 6.45) is 0. The third kappa shape index (κ3) is 4.84. The molecule has 0 aliphatic carbocycles. The minimum absolute atomic E-state index is 0.0599. The van der Waals surface area contributed by atoms with Gasteiger partial charge in [-0.05, 0) is 24.3 Å². The summed E-state index contributed by atoms with van der Waals surface area (Å²) in [5, 5.41) is 16.7. The van der Waals surface area contributed by atoms with Crippen LogP contribution in [0.5, 0.6) is 0 Å². The molecule has 0 unspecified atom stereocenters. The summed E-state index contributed by atoms with van der Waals surface area (Å²) in [7, 11) is 1.55. The molecule has 136 valence electrons. The number of nitrogens with one attached hydrogen (secondary N) is 2. The van der Waals surface area contributed by atoms with Crippen molar-refractivity contribution in [2.24, 2.45) is 0 Å². The zero-order valence-corrected chi connectivity index (χ0v) is 14.9. The molecule has 2 rings (SSSR count). The highest BCUT2D eigenvalue weighted by molar-refractivity contribution is 6.35. The molecule has 0 aliphatic heterocycles. The third-order valence-electron chi connectivity index (χ3n) is 3.24. The second kappa shape index (κ2) is 8.50. The van der Waals surface area contributed by atoms with Gasteiger partial charge in [0.1, 0.15) is 0 Å². The van der Waals surface area contributed by atoms with E-state index in [0.717, 1.165) is 6.07 Å². The molecule has 0 aliphatic rings. The van der Waals surface area contributed by atoms with E-state index in [1.807, 2.05) is 0 Å². The second-order valence-corrected chi connectivity index (χ2v) is 5.83. The largest absolute Gasteiger partial charge is 0.452 e. The SMILES string of the molecule is CNc1ccc([N+](=O)[O-])cc1C(=O)OCC(=O)Nc1cc(Cl)ccc1Cl. The lowest BCUT2D eigenvalue weighted by Gasteiger charge is -2.10. The molecule has 0 saturated carbocycles. The number of hydrogen-bond acceptors (Lipinski definition) is 6. The monoisotopic (exact) mass is 397 g/mol. The van der Waals surface area contributed by atoms with Gasteiger partial charge in [0.15, 0.2) is 6.61 Å². The first-order valence-corrected chi connectivity index (χ1v) is 7.95. The maximum Gasteiger partial charge on any atom is 0.341 e. The first-order chi connectivity index (χ1) is 12.3. The minimum atomic E-state index is -0.884. The second-order valence-electron chi connectivity index (χ2n) is 4.99. The number of hydrogen-bond donors (Lipinski definition) is 2. The Morgan fingerprint density at radius 2 is 1.88 bits per heavy atom. The summed E-state index contributed by atoms with van der Waals surface area (Å²) in [4.78, 5) is 34.3. The van der Waals surface area contributed by atoms with E-state index >= 15 is 0 Å². The molecular formula is C16H13Cl2N3O5. The van der Waals surface area contributed by atoms with Gasteiger partial charge in [0.25, 0.3) is 11.6 Å². The number of nitro benzene ring substituents is 1. The number of ether oxygens (including phenoxy) is 1. The molecule has 2 aromatic rings. The zero-order valence-electron chi connectivity index (χ0n) is 13.4. The van der Waals surface area contributed by atoms with Crippen molar-refractivity contribution < 1.29 is 19.2 Å². The van der Waals surface area contributed by atoms with Crippen LogP contribution in [0.15, 0.2) is 36.4 Å². The van der Waals surface area contributed by atoms with Crippen LogP contribution < -0.4 is 10.6 Å². The molecule has 10 heteroatoms. The highest BCUT2D eigenvalue weighted by Gasteiger charge is 2.18. The van der Waals surface area contributed by atoms with Crippen LogP contribution in [0.4, 0.5) is 17.1 Å². The van der Waals surface area contributed by atoms with Crippen molar-refractivity contribution in [3.63, 3.8) is 0 Å². The van der Waals surface area contributed by atoms with Crippen LogP contribution in [-0.2, 0) is 9.53 Å². The molecule has 0 atom stereocenters. The first kappa shape index (κ1) is 19.5. The number of halogens is 2. The lowest BCUT2D eigenvalue weighted by molar-refractivity contribution is -0.384. The van der Waals surface area contributed by atoms with Crippen LogP contribution in [0.1, 0.15) is 10.4 Å². The fourth-order valence-electron chi connectivity index (χ4n) is 2.02. The number of nitro groups is 1. The molecular weight excluding hydrogens is 385 g/mol. The van der Waals surface area contributed by atoms with E-state index in [4.69, 9.17) is 27.9 Å². The number of benzene rings is 2. The van der Waals surface area contributed by atoms with Gasteiger partial charge in [0.2, 0.25) is 0 Å². The molecule has 0 heterocycles. The van der Waals surface area contributed by atoms with Crippen LogP contribution in [0.3, 0.4) is 0 Å². The third-order valence-corrected chi connectivity index (χ3v) is 3.80. The zero-order chi connectivity index (χ0) is 19.3. The Balaban J connectivity index is 2.06. The molecule has 0 bridgehead atoms. The van der Waals surface area contributed by atoms with Crippen molar-refractivity contribution in [3.8, 4) is 0 Å². The lowest BCUT2D eigenvalue weighted by Crippen LogP contribution is -2.21. The Hall–Kier alpha value is -2.84.